The topological polar surface area (TPSA) is 68.3 Å². The quantitative estimate of drug-likeness (QED) is 0.911. The van der Waals surface area contributed by atoms with Gasteiger partial charge >= 0.3 is 0 Å². The van der Waals surface area contributed by atoms with Gasteiger partial charge < -0.3 is 15.2 Å². The molecule has 1 amide bonds. The Bertz CT molecular complexity index is 849. The first kappa shape index (κ1) is 17.7. The maximum Gasteiger partial charge on any atom is 0.255 e. The first-order valence-corrected chi connectivity index (χ1v) is 8.73. The maximum atomic E-state index is 12.8. The van der Waals surface area contributed by atoms with Gasteiger partial charge in [-0.15, -0.1) is 0 Å². The smallest absolute Gasteiger partial charge is 0.255 e. The lowest BCUT2D eigenvalue weighted by atomic mass is 9.90. The number of rotatable bonds is 4. The standard InChI is InChI=1S/C19H22ClN3O2/c1-19(12-21)8-9-22(13-19)18(25)15-6-7-17(24)23(11-15)10-14-4-2-3-5-16(14)20/h2-7,11H,8-10,12-13,21H2,1H3. The average molecular weight is 360 g/mol. The molecule has 2 N–H and O–H groups in total. The van der Waals surface area contributed by atoms with Crippen LogP contribution in [0.15, 0.2) is 47.4 Å². The van der Waals surface area contributed by atoms with Crippen LogP contribution in [0.4, 0.5) is 0 Å². The zero-order chi connectivity index (χ0) is 18.0. The van der Waals surface area contributed by atoms with E-state index >= 15 is 0 Å². The number of likely N-dealkylation sites (tertiary alicyclic amines) is 1. The molecule has 1 saturated heterocycles. The summed E-state index contributed by atoms with van der Waals surface area (Å²) < 4.78 is 1.52. The van der Waals surface area contributed by atoms with Gasteiger partial charge in [0.25, 0.3) is 11.5 Å². The van der Waals surface area contributed by atoms with Crippen molar-refractivity contribution in [2.45, 2.75) is 19.9 Å². The van der Waals surface area contributed by atoms with Gasteiger partial charge in [0.1, 0.15) is 0 Å². The maximum absolute atomic E-state index is 12.8. The van der Waals surface area contributed by atoms with E-state index in [0.717, 1.165) is 12.0 Å². The number of nitrogens with two attached hydrogens (primary N) is 1. The second-order valence-corrected chi connectivity index (χ2v) is 7.37. The minimum atomic E-state index is -0.162. The van der Waals surface area contributed by atoms with Gasteiger partial charge in [0.05, 0.1) is 12.1 Å². The third kappa shape index (κ3) is 3.78. The molecule has 0 saturated carbocycles. The highest BCUT2D eigenvalue weighted by atomic mass is 35.5. The van der Waals surface area contributed by atoms with E-state index in [0.29, 0.717) is 36.8 Å². The van der Waals surface area contributed by atoms with Gasteiger partial charge in [-0.05, 0) is 36.1 Å². The summed E-state index contributed by atoms with van der Waals surface area (Å²) in [6.07, 6.45) is 2.51. The Morgan fingerprint density at radius 1 is 1.28 bits per heavy atom. The van der Waals surface area contributed by atoms with Crippen LogP contribution in [0, 0.1) is 5.41 Å². The summed E-state index contributed by atoms with van der Waals surface area (Å²) in [7, 11) is 0. The van der Waals surface area contributed by atoms with Crippen molar-refractivity contribution in [3.8, 4) is 0 Å². The first-order chi connectivity index (χ1) is 11.9. The molecule has 1 aliphatic heterocycles. The fraction of sp³-hybridized carbons (Fsp3) is 0.368. The van der Waals surface area contributed by atoms with Crippen molar-refractivity contribution >= 4 is 17.5 Å². The average Bonchev–Trinajstić information content (AvgIpc) is 3.01. The Hall–Kier alpha value is -2.11. The van der Waals surface area contributed by atoms with Gasteiger partial charge in [0, 0.05) is 30.4 Å². The molecule has 2 heterocycles. The molecule has 1 aromatic carbocycles. The van der Waals surface area contributed by atoms with Gasteiger partial charge in [0.2, 0.25) is 0 Å². The third-order valence-corrected chi connectivity index (χ3v) is 5.24. The van der Waals surface area contributed by atoms with Crippen LogP contribution in [-0.2, 0) is 6.54 Å². The summed E-state index contributed by atoms with van der Waals surface area (Å²) >= 11 is 6.18. The summed E-state index contributed by atoms with van der Waals surface area (Å²) in [5, 5.41) is 0.601. The summed E-state index contributed by atoms with van der Waals surface area (Å²) in [6.45, 7) is 4.32. The molecule has 0 bridgehead atoms. The third-order valence-electron chi connectivity index (χ3n) is 4.87. The Balaban J connectivity index is 1.83. The number of aromatic nitrogens is 1. The van der Waals surface area contributed by atoms with E-state index in [1.165, 1.54) is 10.6 Å². The summed E-state index contributed by atoms with van der Waals surface area (Å²) in [5.41, 5.74) is 6.98. The monoisotopic (exact) mass is 359 g/mol. The molecule has 1 aromatic heterocycles. The lowest BCUT2D eigenvalue weighted by Gasteiger charge is -2.22. The normalized spacial score (nSPS) is 20.0. The van der Waals surface area contributed by atoms with Crippen molar-refractivity contribution in [1.82, 2.24) is 9.47 Å². The minimum Gasteiger partial charge on any atom is -0.338 e. The van der Waals surface area contributed by atoms with Crippen molar-refractivity contribution < 1.29 is 4.79 Å². The highest BCUT2D eigenvalue weighted by Gasteiger charge is 2.35. The van der Waals surface area contributed by atoms with Crippen molar-refractivity contribution in [3.63, 3.8) is 0 Å². The van der Waals surface area contributed by atoms with Gasteiger partial charge in [-0.1, -0.05) is 36.7 Å². The summed E-state index contributed by atoms with van der Waals surface area (Å²) in [4.78, 5) is 26.7. The molecule has 2 aromatic rings. The number of benzene rings is 1. The van der Waals surface area contributed by atoms with Crippen LogP contribution in [0.5, 0.6) is 0 Å². The molecule has 6 heteroatoms. The fourth-order valence-corrected chi connectivity index (χ4v) is 3.33. The molecule has 1 atom stereocenters. The van der Waals surface area contributed by atoms with Crippen molar-refractivity contribution in [3.05, 3.63) is 69.1 Å². The van der Waals surface area contributed by atoms with E-state index in [9.17, 15) is 9.59 Å². The van der Waals surface area contributed by atoms with E-state index in [-0.39, 0.29) is 16.9 Å². The Labute approximate surface area is 152 Å². The van der Waals surface area contributed by atoms with Crippen LogP contribution in [0.1, 0.15) is 29.3 Å². The Morgan fingerprint density at radius 2 is 2.04 bits per heavy atom. The SMILES string of the molecule is CC1(CN)CCN(C(=O)c2ccc(=O)n(Cc3ccccc3Cl)c2)C1. The van der Waals surface area contributed by atoms with Crippen LogP contribution in [0.3, 0.4) is 0 Å². The number of hydrogen-bond acceptors (Lipinski definition) is 3. The molecule has 3 rings (SSSR count). The number of hydrogen-bond donors (Lipinski definition) is 1. The second-order valence-electron chi connectivity index (χ2n) is 6.97. The van der Waals surface area contributed by atoms with Crippen molar-refractivity contribution in [2.24, 2.45) is 11.1 Å². The molecule has 1 unspecified atom stereocenters. The number of carbonyl (C=O) groups excluding carboxylic acids is 1. The summed E-state index contributed by atoms with van der Waals surface area (Å²) in [6, 6.07) is 10.4. The predicted molar refractivity (Wildman–Crippen MR) is 98.9 cm³/mol. The fourth-order valence-electron chi connectivity index (χ4n) is 3.14. The van der Waals surface area contributed by atoms with Crippen LogP contribution in [0.2, 0.25) is 5.02 Å². The molecule has 25 heavy (non-hydrogen) atoms. The second kappa shape index (κ2) is 7.02. The molecular formula is C19H22ClN3O2. The molecule has 132 valence electrons. The highest BCUT2D eigenvalue weighted by molar-refractivity contribution is 6.31. The zero-order valence-electron chi connectivity index (χ0n) is 14.2. The first-order valence-electron chi connectivity index (χ1n) is 8.35. The minimum absolute atomic E-state index is 0.0261. The molecular weight excluding hydrogens is 338 g/mol. The van der Waals surface area contributed by atoms with Gasteiger partial charge in [-0.2, -0.15) is 0 Å². The molecule has 1 aliphatic rings. The summed E-state index contributed by atoms with van der Waals surface area (Å²) in [5.74, 6) is -0.0647. The Morgan fingerprint density at radius 3 is 2.72 bits per heavy atom. The highest BCUT2D eigenvalue weighted by Crippen LogP contribution is 2.29. The number of carbonyl (C=O) groups is 1. The number of amides is 1. The van der Waals surface area contributed by atoms with Gasteiger partial charge in [0.15, 0.2) is 0 Å². The molecule has 0 aliphatic carbocycles. The van der Waals surface area contributed by atoms with E-state index < -0.39 is 0 Å². The number of halogens is 1. The van der Waals surface area contributed by atoms with Crippen LogP contribution >= 0.6 is 11.6 Å². The molecule has 0 radical (unpaired) electrons. The van der Waals surface area contributed by atoms with Gasteiger partial charge in [-0.3, -0.25) is 9.59 Å². The zero-order valence-corrected chi connectivity index (χ0v) is 15.0. The van der Waals surface area contributed by atoms with Crippen LogP contribution < -0.4 is 11.3 Å². The molecule has 5 nitrogen and oxygen atoms in total. The van der Waals surface area contributed by atoms with E-state index in [1.807, 2.05) is 23.1 Å². The molecule has 1 fully saturated rings. The van der Waals surface area contributed by atoms with Crippen molar-refractivity contribution in [1.29, 1.82) is 0 Å². The number of nitrogens with zero attached hydrogens (tertiary/aromatic N) is 2. The lowest BCUT2D eigenvalue weighted by molar-refractivity contribution is 0.0776. The van der Waals surface area contributed by atoms with E-state index in [4.69, 9.17) is 17.3 Å². The largest absolute Gasteiger partial charge is 0.338 e. The lowest BCUT2D eigenvalue weighted by Crippen LogP contribution is -2.35. The van der Waals surface area contributed by atoms with E-state index in [1.54, 1.807) is 18.3 Å². The van der Waals surface area contributed by atoms with Crippen LogP contribution in [0.25, 0.3) is 0 Å². The number of pyridine rings is 1. The molecule has 0 spiro atoms. The van der Waals surface area contributed by atoms with Crippen LogP contribution in [-0.4, -0.2) is 35.0 Å². The Kier molecular flexibility index (Phi) is 4.97. The van der Waals surface area contributed by atoms with Gasteiger partial charge in [-0.25, -0.2) is 0 Å². The van der Waals surface area contributed by atoms with E-state index in [2.05, 4.69) is 6.92 Å². The predicted octanol–water partition coefficient (Wildman–Crippen LogP) is 2.36. The van der Waals surface area contributed by atoms with Crippen molar-refractivity contribution in [2.75, 3.05) is 19.6 Å².